The van der Waals surface area contributed by atoms with Gasteiger partial charge in [0, 0.05) is 17.6 Å². The van der Waals surface area contributed by atoms with E-state index in [4.69, 9.17) is 4.42 Å². The molecule has 0 bridgehead atoms. The van der Waals surface area contributed by atoms with Crippen LogP contribution in [0.15, 0.2) is 52.7 Å². The number of carboxylic acids is 1. The summed E-state index contributed by atoms with van der Waals surface area (Å²) < 4.78 is 5.09. The average molecular weight is 298 g/mol. The van der Waals surface area contributed by atoms with Gasteiger partial charge in [0.05, 0.1) is 6.26 Å². The summed E-state index contributed by atoms with van der Waals surface area (Å²) in [6.07, 6.45) is 4.68. The van der Waals surface area contributed by atoms with Crippen molar-refractivity contribution in [2.45, 2.75) is 26.2 Å². The fraction of sp³-hybridized carbons (Fsp3) is 0.222. The molecular weight excluding hydrogens is 280 g/mol. The van der Waals surface area contributed by atoms with Crippen LogP contribution in [0.3, 0.4) is 0 Å². The van der Waals surface area contributed by atoms with E-state index in [1.807, 2.05) is 12.1 Å². The van der Waals surface area contributed by atoms with Crippen LogP contribution in [0, 0.1) is 0 Å². The molecule has 0 aliphatic rings. The van der Waals surface area contributed by atoms with Crippen molar-refractivity contribution in [3.63, 3.8) is 0 Å². The Morgan fingerprint density at radius 1 is 1.18 bits per heavy atom. The third kappa shape index (κ3) is 4.19. The molecule has 0 fully saturated rings. The lowest BCUT2D eigenvalue weighted by Gasteiger charge is -2.04. The van der Waals surface area contributed by atoms with E-state index in [1.165, 1.54) is 17.9 Å². The number of rotatable bonds is 7. The number of ketones is 1. The number of carbonyl (C=O) groups excluding carboxylic acids is 1. The van der Waals surface area contributed by atoms with E-state index in [0.29, 0.717) is 11.3 Å². The Labute approximate surface area is 129 Å². The molecule has 2 rings (SSSR count). The molecule has 0 aliphatic carbocycles. The predicted octanol–water partition coefficient (Wildman–Crippen LogP) is 3.97. The van der Waals surface area contributed by atoms with Crippen LogP contribution in [0.2, 0.25) is 0 Å². The monoisotopic (exact) mass is 298 g/mol. The molecule has 0 saturated heterocycles. The van der Waals surface area contributed by atoms with Crippen LogP contribution in [0.4, 0.5) is 0 Å². The van der Waals surface area contributed by atoms with Crippen LogP contribution in [-0.4, -0.2) is 16.9 Å². The van der Waals surface area contributed by atoms with Crippen LogP contribution in [-0.2, 0) is 11.2 Å². The predicted molar refractivity (Wildman–Crippen MR) is 83.7 cm³/mol. The van der Waals surface area contributed by atoms with E-state index < -0.39 is 5.97 Å². The largest absolute Gasteiger partial charge is 0.478 e. The summed E-state index contributed by atoms with van der Waals surface area (Å²) in [7, 11) is 0. The van der Waals surface area contributed by atoms with Gasteiger partial charge in [-0.2, -0.15) is 0 Å². The van der Waals surface area contributed by atoms with Crippen molar-refractivity contribution in [2.24, 2.45) is 0 Å². The van der Waals surface area contributed by atoms with Gasteiger partial charge in [0.2, 0.25) is 0 Å². The number of hydrogen-bond acceptors (Lipinski definition) is 3. The third-order valence-corrected chi connectivity index (χ3v) is 3.30. The van der Waals surface area contributed by atoms with Crippen molar-refractivity contribution in [3.8, 4) is 0 Å². The fourth-order valence-corrected chi connectivity index (χ4v) is 2.15. The van der Waals surface area contributed by atoms with E-state index in [9.17, 15) is 14.7 Å². The molecule has 22 heavy (non-hydrogen) atoms. The standard InChI is InChI=1S/C18H18O4/c1-2-4-13-6-8-14(9-7-13)17(19)12-15(18(20)21)11-16-5-3-10-22-16/h3,5-11H,2,4,12H2,1H3,(H,20,21). The second-order valence-electron chi connectivity index (χ2n) is 5.04. The maximum Gasteiger partial charge on any atom is 0.332 e. The molecule has 2 aromatic rings. The van der Waals surface area contributed by atoms with Gasteiger partial charge in [-0.3, -0.25) is 4.79 Å². The average Bonchev–Trinajstić information content (AvgIpc) is 3.00. The van der Waals surface area contributed by atoms with Crippen molar-refractivity contribution in [3.05, 3.63) is 65.1 Å². The summed E-state index contributed by atoms with van der Waals surface area (Å²) in [6.45, 7) is 2.09. The summed E-state index contributed by atoms with van der Waals surface area (Å²) in [6, 6.07) is 10.6. The lowest BCUT2D eigenvalue weighted by Crippen LogP contribution is -2.08. The van der Waals surface area contributed by atoms with Crippen LogP contribution < -0.4 is 0 Å². The highest BCUT2D eigenvalue weighted by Gasteiger charge is 2.15. The van der Waals surface area contributed by atoms with E-state index in [-0.39, 0.29) is 17.8 Å². The maximum atomic E-state index is 12.2. The second kappa shape index (κ2) is 7.41. The van der Waals surface area contributed by atoms with Gasteiger partial charge in [0.15, 0.2) is 5.78 Å². The van der Waals surface area contributed by atoms with E-state index in [2.05, 4.69) is 6.92 Å². The van der Waals surface area contributed by atoms with Crippen LogP contribution in [0.5, 0.6) is 0 Å². The minimum atomic E-state index is -1.12. The minimum Gasteiger partial charge on any atom is -0.478 e. The lowest BCUT2D eigenvalue weighted by atomic mass is 10.0. The van der Waals surface area contributed by atoms with Crippen molar-refractivity contribution < 1.29 is 19.1 Å². The highest BCUT2D eigenvalue weighted by Crippen LogP contribution is 2.15. The topological polar surface area (TPSA) is 67.5 Å². The molecule has 0 atom stereocenters. The van der Waals surface area contributed by atoms with Gasteiger partial charge in [0.1, 0.15) is 5.76 Å². The first-order chi connectivity index (χ1) is 10.6. The van der Waals surface area contributed by atoms with Crippen LogP contribution >= 0.6 is 0 Å². The zero-order valence-corrected chi connectivity index (χ0v) is 12.4. The molecule has 114 valence electrons. The van der Waals surface area contributed by atoms with E-state index in [0.717, 1.165) is 12.8 Å². The minimum absolute atomic E-state index is 0.0117. The Balaban J connectivity index is 2.13. The Morgan fingerprint density at radius 3 is 2.45 bits per heavy atom. The zero-order chi connectivity index (χ0) is 15.9. The summed E-state index contributed by atoms with van der Waals surface area (Å²) in [5, 5.41) is 9.22. The Morgan fingerprint density at radius 2 is 1.91 bits per heavy atom. The Kier molecular flexibility index (Phi) is 5.31. The Hall–Kier alpha value is -2.62. The zero-order valence-electron chi connectivity index (χ0n) is 12.4. The molecule has 0 aliphatic heterocycles. The summed E-state index contributed by atoms with van der Waals surface area (Å²) in [5.74, 6) is -0.917. The quantitative estimate of drug-likeness (QED) is 0.620. The van der Waals surface area contributed by atoms with E-state index in [1.54, 1.807) is 24.3 Å². The molecule has 1 aromatic carbocycles. The van der Waals surface area contributed by atoms with Gasteiger partial charge in [-0.05, 0) is 30.2 Å². The molecule has 0 spiro atoms. The Bertz CT molecular complexity index is 664. The number of carboxylic acid groups (broad SMARTS) is 1. The first-order valence-corrected chi connectivity index (χ1v) is 7.19. The summed E-state index contributed by atoms with van der Waals surface area (Å²) in [4.78, 5) is 23.5. The number of carbonyl (C=O) groups is 2. The molecule has 1 heterocycles. The van der Waals surface area contributed by atoms with Crippen molar-refractivity contribution in [1.29, 1.82) is 0 Å². The third-order valence-electron chi connectivity index (χ3n) is 3.30. The number of aliphatic carboxylic acids is 1. The second-order valence-corrected chi connectivity index (χ2v) is 5.04. The molecule has 1 aromatic heterocycles. The molecule has 0 amide bonds. The first-order valence-electron chi connectivity index (χ1n) is 7.19. The first kappa shape index (κ1) is 15.8. The van der Waals surface area contributed by atoms with Gasteiger partial charge < -0.3 is 9.52 Å². The lowest BCUT2D eigenvalue weighted by molar-refractivity contribution is -0.132. The molecule has 0 radical (unpaired) electrons. The van der Waals surface area contributed by atoms with E-state index >= 15 is 0 Å². The molecule has 4 nitrogen and oxygen atoms in total. The highest BCUT2D eigenvalue weighted by atomic mass is 16.4. The van der Waals surface area contributed by atoms with Crippen molar-refractivity contribution >= 4 is 17.8 Å². The fourth-order valence-electron chi connectivity index (χ4n) is 2.15. The highest BCUT2D eigenvalue weighted by molar-refractivity contribution is 6.04. The number of aryl methyl sites for hydroxylation is 1. The van der Waals surface area contributed by atoms with Crippen LogP contribution in [0.25, 0.3) is 6.08 Å². The van der Waals surface area contributed by atoms with Crippen LogP contribution in [0.1, 0.15) is 41.4 Å². The SMILES string of the molecule is CCCc1ccc(C(=O)CC(=Cc2ccco2)C(=O)O)cc1. The van der Waals surface area contributed by atoms with Gasteiger partial charge >= 0.3 is 5.97 Å². The molecule has 0 saturated carbocycles. The van der Waals surface area contributed by atoms with Crippen molar-refractivity contribution in [2.75, 3.05) is 0 Å². The number of hydrogen-bond donors (Lipinski definition) is 1. The number of benzene rings is 1. The molecule has 0 unspecified atom stereocenters. The normalized spacial score (nSPS) is 11.4. The number of Topliss-reactive ketones (excluding diaryl/α,β-unsaturated/α-hetero) is 1. The van der Waals surface area contributed by atoms with Gasteiger partial charge in [-0.1, -0.05) is 37.6 Å². The van der Waals surface area contributed by atoms with Gasteiger partial charge in [-0.15, -0.1) is 0 Å². The molecule has 4 heteroatoms. The molecule has 1 N–H and O–H groups in total. The number of furan rings is 1. The molecular formula is C18H18O4. The maximum absolute atomic E-state index is 12.2. The smallest absolute Gasteiger partial charge is 0.332 e. The van der Waals surface area contributed by atoms with Gasteiger partial charge in [-0.25, -0.2) is 4.79 Å². The summed E-state index contributed by atoms with van der Waals surface area (Å²) >= 11 is 0. The summed E-state index contributed by atoms with van der Waals surface area (Å²) in [5.41, 5.74) is 1.70. The van der Waals surface area contributed by atoms with Crippen molar-refractivity contribution in [1.82, 2.24) is 0 Å². The van der Waals surface area contributed by atoms with Gasteiger partial charge in [0.25, 0.3) is 0 Å².